The third-order valence-corrected chi connectivity index (χ3v) is 4.15. The van der Waals surface area contributed by atoms with Crippen LogP contribution in [-0.2, 0) is 12.3 Å². The van der Waals surface area contributed by atoms with Gasteiger partial charge in [0.25, 0.3) is 5.56 Å². The second-order valence-corrected chi connectivity index (χ2v) is 5.80. The fourth-order valence-corrected chi connectivity index (χ4v) is 2.90. The largest absolute Gasteiger partial charge is 0.305 e. The molecule has 3 heterocycles. The Kier molecular flexibility index (Phi) is 4.06. The van der Waals surface area contributed by atoms with E-state index in [1.54, 1.807) is 29.1 Å². The maximum atomic E-state index is 12.1. The Morgan fingerprint density at radius 1 is 1.41 bits per heavy atom. The van der Waals surface area contributed by atoms with E-state index in [0.29, 0.717) is 17.9 Å². The summed E-state index contributed by atoms with van der Waals surface area (Å²) in [5, 5.41) is 8.74. The molecule has 3 aromatic heterocycles. The van der Waals surface area contributed by atoms with E-state index in [4.69, 9.17) is 0 Å². The lowest BCUT2D eigenvalue weighted by molar-refractivity contribution is 0.724. The van der Waals surface area contributed by atoms with Gasteiger partial charge in [-0.1, -0.05) is 17.8 Å². The van der Waals surface area contributed by atoms with Crippen molar-refractivity contribution in [2.75, 3.05) is 0 Å². The molecule has 0 aliphatic rings. The predicted molar refractivity (Wildman–Crippen MR) is 86.0 cm³/mol. The predicted octanol–water partition coefficient (Wildman–Crippen LogP) is 2.07. The molecule has 6 nitrogen and oxygen atoms in total. The van der Waals surface area contributed by atoms with Gasteiger partial charge in [-0.25, -0.2) is 4.98 Å². The Morgan fingerprint density at radius 3 is 3.09 bits per heavy atom. The van der Waals surface area contributed by atoms with Crippen molar-refractivity contribution in [1.82, 2.24) is 24.1 Å². The second kappa shape index (κ2) is 6.15. The van der Waals surface area contributed by atoms with Crippen LogP contribution in [0.1, 0.15) is 11.3 Å². The van der Waals surface area contributed by atoms with Crippen LogP contribution in [0, 0.1) is 6.92 Å². The number of rotatable bonds is 5. The summed E-state index contributed by atoms with van der Waals surface area (Å²) in [6.07, 6.45) is 5.20. The first-order chi connectivity index (χ1) is 10.7. The molecule has 0 bridgehead atoms. The zero-order valence-corrected chi connectivity index (χ0v) is 13.0. The van der Waals surface area contributed by atoms with E-state index in [2.05, 4.69) is 21.8 Å². The van der Waals surface area contributed by atoms with Crippen molar-refractivity contribution in [3.8, 4) is 0 Å². The smallest absolute Gasteiger partial charge is 0.258 e. The van der Waals surface area contributed by atoms with Gasteiger partial charge in [-0.3, -0.25) is 9.20 Å². The lowest BCUT2D eigenvalue weighted by atomic mass is 10.3. The molecule has 0 radical (unpaired) electrons. The van der Waals surface area contributed by atoms with Gasteiger partial charge in [0, 0.05) is 24.6 Å². The fourth-order valence-electron chi connectivity index (χ4n) is 2.09. The maximum Gasteiger partial charge on any atom is 0.258 e. The average Bonchev–Trinajstić information content (AvgIpc) is 2.92. The Bertz CT molecular complexity index is 883. The summed E-state index contributed by atoms with van der Waals surface area (Å²) in [5.74, 6) is 0.565. The SMILES string of the molecule is C=CCn1cnnc1SCc1cc(=O)n2ccc(C)cc2n1. The van der Waals surface area contributed by atoms with E-state index in [9.17, 15) is 4.79 Å². The highest BCUT2D eigenvalue weighted by Crippen LogP contribution is 2.19. The summed E-state index contributed by atoms with van der Waals surface area (Å²) in [7, 11) is 0. The normalized spacial score (nSPS) is 11.0. The van der Waals surface area contributed by atoms with Crippen LogP contribution in [0.4, 0.5) is 0 Å². The van der Waals surface area contributed by atoms with E-state index in [1.807, 2.05) is 23.6 Å². The van der Waals surface area contributed by atoms with Crippen LogP contribution in [0.25, 0.3) is 5.65 Å². The number of allylic oxidation sites excluding steroid dienone is 1. The molecule has 0 aliphatic carbocycles. The molecule has 3 aromatic rings. The highest BCUT2D eigenvalue weighted by atomic mass is 32.2. The molecule has 0 spiro atoms. The van der Waals surface area contributed by atoms with Crippen LogP contribution in [-0.4, -0.2) is 24.1 Å². The molecular formula is C15H15N5OS. The van der Waals surface area contributed by atoms with Crippen LogP contribution in [0.2, 0.25) is 0 Å². The van der Waals surface area contributed by atoms with Crippen molar-refractivity contribution in [2.45, 2.75) is 24.4 Å². The van der Waals surface area contributed by atoms with E-state index in [1.165, 1.54) is 11.8 Å². The first-order valence-corrected chi connectivity index (χ1v) is 7.76. The topological polar surface area (TPSA) is 65.1 Å². The molecule has 0 saturated carbocycles. The molecule has 22 heavy (non-hydrogen) atoms. The summed E-state index contributed by atoms with van der Waals surface area (Å²) in [5.41, 5.74) is 2.39. The number of aromatic nitrogens is 5. The van der Waals surface area contributed by atoms with Gasteiger partial charge in [0.1, 0.15) is 12.0 Å². The molecule has 0 unspecified atom stereocenters. The first-order valence-electron chi connectivity index (χ1n) is 6.78. The second-order valence-electron chi connectivity index (χ2n) is 4.86. The van der Waals surface area contributed by atoms with Crippen LogP contribution in [0.15, 0.2) is 53.3 Å². The Labute approximate surface area is 131 Å². The highest BCUT2D eigenvalue weighted by molar-refractivity contribution is 7.98. The third kappa shape index (κ3) is 2.94. The van der Waals surface area contributed by atoms with Gasteiger partial charge < -0.3 is 4.57 Å². The monoisotopic (exact) mass is 313 g/mol. The van der Waals surface area contributed by atoms with Crippen molar-refractivity contribution >= 4 is 17.4 Å². The minimum atomic E-state index is -0.0758. The van der Waals surface area contributed by atoms with Crippen molar-refractivity contribution in [3.63, 3.8) is 0 Å². The van der Waals surface area contributed by atoms with E-state index >= 15 is 0 Å². The van der Waals surface area contributed by atoms with Crippen LogP contribution in [0.3, 0.4) is 0 Å². The number of fused-ring (bicyclic) bond motifs is 1. The van der Waals surface area contributed by atoms with Gasteiger partial charge in [-0.15, -0.1) is 16.8 Å². The van der Waals surface area contributed by atoms with Gasteiger partial charge in [0.2, 0.25) is 0 Å². The number of nitrogens with zero attached hydrogens (tertiary/aromatic N) is 5. The lowest BCUT2D eigenvalue weighted by Crippen LogP contribution is -2.15. The van der Waals surface area contributed by atoms with Gasteiger partial charge >= 0.3 is 0 Å². The minimum Gasteiger partial charge on any atom is -0.305 e. The van der Waals surface area contributed by atoms with Crippen LogP contribution >= 0.6 is 11.8 Å². The molecule has 7 heteroatoms. The Balaban J connectivity index is 1.86. The van der Waals surface area contributed by atoms with E-state index in [-0.39, 0.29) is 5.56 Å². The molecule has 0 amide bonds. The molecule has 0 aromatic carbocycles. The van der Waals surface area contributed by atoms with Crippen molar-refractivity contribution < 1.29 is 0 Å². The molecule has 3 rings (SSSR count). The quantitative estimate of drug-likeness (QED) is 0.533. The maximum absolute atomic E-state index is 12.1. The van der Waals surface area contributed by atoms with Crippen molar-refractivity contribution in [3.05, 3.63) is 65.0 Å². The van der Waals surface area contributed by atoms with Gasteiger partial charge in [-0.05, 0) is 24.6 Å². The lowest BCUT2D eigenvalue weighted by Gasteiger charge is -2.05. The summed E-state index contributed by atoms with van der Waals surface area (Å²) >= 11 is 1.50. The summed E-state index contributed by atoms with van der Waals surface area (Å²) in [4.78, 5) is 16.6. The third-order valence-electron chi connectivity index (χ3n) is 3.13. The zero-order valence-electron chi connectivity index (χ0n) is 12.1. The minimum absolute atomic E-state index is 0.0758. The Hall–Kier alpha value is -2.41. The van der Waals surface area contributed by atoms with Crippen LogP contribution < -0.4 is 5.56 Å². The van der Waals surface area contributed by atoms with Gasteiger partial charge in [-0.2, -0.15) is 0 Å². The van der Waals surface area contributed by atoms with E-state index in [0.717, 1.165) is 16.4 Å². The molecule has 0 aliphatic heterocycles. The number of thioether (sulfide) groups is 1. The van der Waals surface area contributed by atoms with Crippen LogP contribution in [0.5, 0.6) is 0 Å². The first kappa shape index (κ1) is 14.5. The summed E-state index contributed by atoms with van der Waals surface area (Å²) < 4.78 is 3.44. The number of hydrogen-bond donors (Lipinski definition) is 0. The Morgan fingerprint density at radius 2 is 2.27 bits per heavy atom. The number of aryl methyl sites for hydroxylation is 1. The molecule has 0 N–H and O–H groups in total. The van der Waals surface area contributed by atoms with Gasteiger partial charge in [0.05, 0.1) is 5.69 Å². The summed E-state index contributed by atoms with van der Waals surface area (Å²) in [6.45, 7) is 6.34. The van der Waals surface area contributed by atoms with Gasteiger partial charge in [0.15, 0.2) is 5.16 Å². The summed E-state index contributed by atoms with van der Waals surface area (Å²) in [6, 6.07) is 5.35. The molecule has 0 atom stereocenters. The fraction of sp³-hybridized carbons (Fsp3) is 0.200. The van der Waals surface area contributed by atoms with Crippen molar-refractivity contribution in [2.24, 2.45) is 0 Å². The number of hydrogen-bond acceptors (Lipinski definition) is 5. The molecule has 0 saturated heterocycles. The van der Waals surface area contributed by atoms with Crippen molar-refractivity contribution in [1.29, 1.82) is 0 Å². The molecule has 0 fully saturated rings. The standard InChI is InChI=1S/C15H15N5OS/c1-3-5-19-10-16-18-15(19)22-9-12-8-14(21)20-6-4-11(2)7-13(20)17-12/h3-4,6-8,10H,1,5,9H2,2H3. The highest BCUT2D eigenvalue weighted by Gasteiger charge is 2.07. The molecular weight excluding hydrogens is 298 g/mol. The average molecular weight is 313 g/mol. The zero-order chi connectivity index (χ0) is 15.5. The molecule has 112 valence electrons. The number of pyridine rings is 1. The van der Waals surface area contributed by atoms with E-state index < -0.39 is 0 Å².